The van der Waals surface area contributed by atoms with E-state index >= 15 is 0 Å². The number of nitrogens with zero attached hydrogens (tertiary/aromatic N) is 1. The van der Waals surface area contributed by atoms with E-state index in [-0.39, 0.29) is 6.09 Å². The van der Waals surface area contributed by atoms with Crippen molar-refractivity contribution in [1.82, 2.24) is 10.2 Å². The van der Waals surface area contributed by atoms with Crippen LogP contribution in [0, 0.1) is 5.41 Å². The third-order valence-electron chi connectivity index (χ3n) is 5.43. The highest BCUT2D eigenvalue weighted by molar-refractivity contribution is 5.68. The summed E-state index contributed by atoms with van der Waals surface area (Å²) in [7, 11) is 0. The normalized spacial score (nSPS) is 28.8. The molecule has 140 valence electrons. The van der Waals surface area contributed by atoms with Gasteiger partial charge in [-0.1, -0.05) is 20.3 Å². The smallest absolute Gasteiger partial charge is 0.410 e. The summed E-state index contributed by atoms with van der Waals surface area (Å²) >= 11 is 0. The summed E-state index contributed by atoms with van der Waals surface area (Å²) in [5.41, 5.74) is 0.0988. The molecule has 1 aliphatic heterocycles. The van der Waals surface area contributed by atoms with Gasteiger partial charge in [-0.2, -0.15) is 0 Å². The first-order valence-corrected chi connectivity index (χ1v) is 9.89. The van der Waals surface area contributed by atoms with Crippen molar-refractivity contribution < 1.29 is 9.53 Å². The molecule has 2 rings (SSSR count). The molecule has 0 aromatic carbocycles. The highest BCUT2D eigenvalue weighted by atomic mass is 16.6. The van der Waals surface area contributed by atoms with E-state index in [0.29, 0.717) is 17.5 Å². The molecule has 0 aromatic rings. The summed E-state index contributed by atoms with van der Waals surface area (Å²) in [5, 5.41) is 3.90. The first-order valence-electron chi connectivity index (χ1n) is 9.89. The largest absolute Gasteiger partial charge is 0.444 e. The predicted octanol–water partition coefficient (Wildman–Crippen LogP) is 4.72. The minimum Gasteiger partial charge on any atom is -0.444 e. The van der Waals surface area contributed by atoms with Crippen molar-refractivity contribution in [2.75, 3.05) is 13.1 Å². The van der Waals surface area contributed by atoms with Gasteiger partial charge in [-0.05, 0) is 71.1 Å². The van der Waals surface area contributed by atoms with Crippen LogP contribution in [0.15, 0.2) is 0 Å². The van der Waals surface area contributed by atoms with E-state index in [1.54, 1.807) is 0 Å². The summed E-state index contributed by atoms with van der Waals surface area (Å²) in [5.74, 6) is 0. The molecule has 1 saturated carbocycles. The fourth-order valence-corrected chi connectivity index (χ4v) is 3.93. The zero-order chi connectivity index (χ0) is 17.8. The van der Waals surface area contributed by atoms with Crippen molar-refractivity contribution in [1.29, 1.82) is 0 Å². The molecule has 0 bridgehead atoms. The molecule has 4 nitrogen and oxygen atoms in total. The molecular formula is C20H38N2O2. The van der Waals surface area contributed by atoms with Crippen LogP contribution in [0.3, 0.4) is 0 Å². The topological polar surface area (TPSA) is 41.6 Å². The van der Waals surface area contributed by atoms with Gasteiger partial charge in [0.25, 0.3) is 0 Å². The lowest BCUT2D eigenvalue weighted by molar-refractivity contribution is 0.0256. The number of rotatable bonds is 2. The SMILES string of the molecule is CC1(C)CCCC(NC2CCCN(C(=O)OC(C)(C)C)CC2)CC1. The molecule has 0 aromatic heterocycles. The Balaban J connectivity index is 1.79. The van der Waals surface area contributed by atoms with Crippen LogP contribution in [0.5, 0.6) is 0 Å². The van der Waals surface area contributed by atoms with Gasteiger partial charge in [-0.25, -0.2) is 4.79 Å². The van der Waals surface area contributed by atoms with Gasteiger partial charge in [0.15, 0.2) is 0 Å². The minimum atomic E-state index is -0.409. The number of hydrogen-bond acceptors (Lipinski definition) is 3. The van der Waals surface area contributed by atoms with Crippen LogP contribution in [-0.2, 0) is 4.74 Å². The Bertz CT molecular complexity index is 414. The van der Waals surface area contributed by atoms with Crippen molar-refractivity contribution in [2.45, 2.75) is 104 Å². The van der Waals surface area contributed by atoms with E-state index in [1.807, 2.05) is 25.7 Å². The second kappa shape index (κ2) is 8.07. The number of nitrogens with one attached hydrogen (secondary N) is 1. The highest BCUT2D eigenvalue weighted by Crippen LogP contribution is 2.34. The maximum Gasteiger partial charge on any atom is 0.410 e. The van der Waals surface area contributed by atoms with Crippen molar-refractivity contribution in [3.05, 3.63) is 0 Å². The fourth-order valence-electron chi connectivity index (χ4n) is 3.93. The number of ether oxygens (including phenoxy) is 1. The maximum atomic E-state index is 12.3. The van der Waals surface area contributed by atoms with E-state index in [9.17, 15) is 4.79 Å². The average Bonchev–Trinajstić information content (AvgIpc) is 2.76. The molecule has 1 aliphatic carbocycles. The fraction of sp³-hybridized carbons (Fsp3) is 0.950. The van der Waals surface area contributed by atoms with E-state index in [4.69, 9.17) is 4.74 Å². The van der Waals surface area contributed by atoms with Gasteiger partial charge in [0.1, 0.15) is 5.60 Å². The first-order chi connectivity index (χ1) is 11.1. The van der Waals surface area contributed by atoms with Crippen LogP contribution in [0.2, 0.25) is 0 Å². The Kier molecular flexibility index (Phi) is 6.58. The van der Waals surface area contributed by atoms with E-state index in [1.165, 1.54) is 38.5 Å². The molecule has 1 amide bonds. The Morgan fingerprint density at radius 3 is 2.38 bits per heavy atom. The zero-order valence-corrected chi connectivity index (χ0v) is 16.5. The second-order valence-corrected chi connectivity index (χ2v) is 9.55. The summed E-state index contributed by atoms with van der Waals surface area (Å²) in [6.45, 7) is 12.2. The summed E-state index contributed by atoms with van der Waals surface area (Å²) in [6, 6.07) is 1.20. The summed E-state index contributed by atoms with van der Waals surface area (Å²) in [4.78, 5) is 14.2. The van der Waals surface area contributed by atoms with Crippen LogP contribution in [0.4, 0.5) is 4.79 Å². The molecule has 2 fully saturated rings. The lowest BCUT2D eigenvalue weighted by Gasteiger charge is -2.27. The predicted molar refractivity (Wildman–Crippen MR) is 99.2 cm³/mol. The van der Waals surface area contributed by atoms with Gasteiger partial charge < -0.3 is 15.0 Å². The summed E-state index contributed by atoms with van der Waals surface area (Å²) in [6.07, 6.45) is 9.72. The van der Waals surface area contributed by atoms with Crippen molar-refractivity contribution >= 4 is 6.09 Å². The van der Waals surface area contributed by atoms with Gasteiger partial charge in [-0.3, -0.25) is 0 Å². The van der Waals surface area contributed by atoms with Gasteiger partial charge >= 0.3 is 6.09 Å². The Morgan fingerprint density at radius 1 is 1.00 bits per heavy atom. The van der Waals surface area contributed by atoms with Gasteiger partial charge in [0.05, 0.1) is 0 Å². The van der Waals surface area contributed by atoms with E-state index in [0.717, 1.165) is 25.9 Å². The van der Waals surface area contributed by atoms with Crippen molar-refractivity contribution in [2.24, 2.45) is 5.41 Å². The number of hydrogen-bond donors (Lipinski definition) is 1. The standard InChI is InChI=1S/C20H38N2O2/c1-19(2,3)24-18(23)22-14-7-9-17(11-15-22)21-16-8-6-12-20(4,5)13-10-16/h16-17,21H,6-15H2,1-5H3. The zero-order valence-electron chi connectivity index (χ0n) is 16.5. The number of amides is 1. The van der Waals surface area contributed by atoms with Gasteiger partial charge in [0.2, 0.25) is 0 Å². The molecule has 1 saturated heterocycles. The average molecular weight is 339 g/mol. The molecule has 2 unspecified atom stereocenters. The van der Waals surface area contributed by atoms with Crippen molar-refractivity contribution in [3.8, 4) is 0 Å². The molecule has 2 atom stereocenters. The van der Waals surface area contributed by atoms with Crippen molar-refractivity contribution in [3.63, 3.8) is 0 Å². The van der Waals surface area contributed by atoms with Crippen LogP contribution < -0.4 is 5.32 Å². The van der Waals surface area contributed by atoms with Crippen LogP contribution in [0.1, 0.15) is 86.0 Å². The quantitative estimate of drug-likeness (QED) is 0.740. The van der Waals surface area contributed by atoms with E-state index in [2.05, 4.69) is 19.2 Å². The number of carbonyl (C=O) groups is 1. The number of carbonyl (C=O) groups excluding carboxylic acids is 1. The lowest BCUT2D eigenvalue weighted by Crippen LogP contribution is -2.40. The monoisotopic (exact) mass is 338 g/mol. The molecule has 1 heterocycles. The molecule has 24 heavy (non-hydrogen) atoms. The molecular weight excluding hydrogens is 300 g/mol. The number of likely N-dealkylation sites (tertiary alicyclic amines) is 1. The Hall–Kier alpha value is -0.770. The third kappa shape index (κ3) is 6.62. The van der Waals surface area contributed by atoms with Crippen LogP contribution in [-0.4, -0.2) is 41.8 Å². The molecule has 4 heteroatoms. The van der Waals surface area contributed by atoms with Gasteiger partial charge in [0, 0.05) is 25.2 Å². The van der Waals surface area contributed by atoms with E-state index < -0.39 is 5.60 Å². The molecule has 0 radical (unpaired) electrons. The second-order valence-electron chi connectivity index (χ2n) is 9.55. The van der Waals surface area contributed by atoms with Crippen LogP contribution >= 0.6 is 0 Å². The summed E-state index contributed by atoms with van der Waals surface area (Å²) < 4.78 is 5.52. The lowest BCUT2D eigenvalue weighted by atomic mass is 9.85. The highest BCUT2D eigenvalue weighted by Gasteiger charge is 2.28. The maximum absolute atomic E-state index is 12.3. The first kappa shape index (κ1) is 19.6. The van der Waals surface area contributed by atoms with Crippen LogP contribution in [0.25, 0.3) is 0 Å². The molecule has 2 aliphatic rings. The molecule has 0 spiro atoms. The Labute approximate surface area is 148 Å². The third-order valence-corrected chi connectivity index (χ3v) is 5.43. The Morgan fingerprint density at radius 2 is 1.67 bits per heavy atom. The molecule has 1 N–H and O–H groups in total. The minimum absolute atomic E-state index is 0.153. The van der Waals surface area contributed by atoms with Gasteiger partial charge in [-0.15, -0.1) is 0 Å².